The number of pyridine rings is 1. The normalized spacial score (nSPS) is 12.6. The fraction of sp³-hybridized carbons (Fsp3) is 0.100. The molecule has 0 saturated heterocycles. The summed E-state index contributed by atoms with van der Waals surface area (Å²) in [5, 5.41) is 9.86. The highest BCUT2D eigenvalue weighted by Gasteiger charge is 2.15. The first-order valence-corrected chi connectivity index (χ1v) is 4.20. The Labute approximate surface area is 81.0 Å². The Balaban J connectivity index is 2.37. The molecule has 0 aromatic carbocycles. The zero-order valence-corrected chi connectivity index (χ0v) is 7.42. The van der Waals surface area contributed by atoms with Crippen molar-refractivity contribution in [2.75, 3.05) is 5.73 Å². The van der Waals surface area contributed by atoms with Crippen molar-refractivity contribution >= 4 is 5.69 Å². The molecule has 2 rings (SSSR count). The molecule has 0 bridgehead atoms. The predicted molar refractivity (Wildman–Crippen MR) is 51.4 cm³/mol. The van der Waals surface area contributed by atoms with Crippen LogP contribution in [-0.2, 0) is 0 Å². The summed E-state index contributed by atoms with van der Waals surface area (Å²) in [6.07, 6.45) is 3.77. The van der Waals surface area contributed by atoms with E-state index in [4.69, 9.17) is 10.2 Å². The van der Waals surface area contributed by atoms with Crippen molar-refractivity contribution in [1.29, 1.82) is 0 Å². The molecule has 72 valence electrons. The minimum atomic E-state index is -0.826. The molecule has 1 unspecified atom stereocenters. The lowest BCUT2D eigenvalue weighted by Crippen LogP contribution is -2.02. The summed E-state index contributed by atoms with van der Waals surface area (Å²) >= 11 is 0. The van der Waals surface area contributed by atoms with Gasteiger partial charge in [-0.3, -0.25) is 4.98 Å². The summed E-state index contributed by atoms with van der Waals surface area (Å²) in [6.45, 7) is 0. The molecule has 2 aromatic rings. The minimum absolute atomic E-state index is 0.455. The Morgan fingerprint density at radius 1 is 1.43 bits per heavy atom. The van der Waals surface area contributed by atoms with Crippen LogP contribution in [0.2, 0.25) is 0 Å². The minimum Gasteiger partial charge on any atom is -0.466 e. The number of furan rings is 1. The molecule has 4 nitrogen and oxygen atoms in total. The smallest absolute Gasteiger partial charge is 0.139 e. The summed E-state index contributed by atoms with van der Waals surface area (Å²) < 4.78 is 5.08. The molecule has 0 aliphatic heterocycles. The summed E-state index contributed by atoms with van der Waals surface area (Å²) in [4.78, 5) is 3.84. The van der Waals surface area contributed by atoms with Crippen molar-refractivity contribution in [3.63, 3.8) is 0 Å². The number of anilines is 1. The van der Waals surface area contributed by atoms with Gasteiger partial charge in [0.15, 0.2) is 0 Å². The Morgan fingerprint density at radius 2 is 2.29 bits per heavy atom. The number of nitrogen functional groups attached to an aromatic ring is 1. The van der Waals surface area contributed by atoms with E-state index in [0.29, 0.717) is 17.0 Å². The van der Waals surface area contributed by atoms with Crippen LogP contribution in [0, 0.1) is 0 Å². The number of hydrogen-bond acceptors (Lipinski definition) is 4. The largest absolute Gasteiger partial charge is 0.466 e. The summed E-state index contributed by atoms with van der Waals surface area (Å²) in [5.41, 5.74) is 6.72. The number of nitrogens with two attached hydrogens (primary N) is 1. The standard InChI is InChI=1S/C10H10N2O2/c11-8-6-12-4-3-7(8)10(13)9-2-1-5-14-9/h1-6,10,13H,11H2. The van der Waals surface area contributed by atoms with Gasteiger partial charge in [0.1, 0.15) is 11.9 Å². The molecule has 3 N–H and O–H groups in total. The molecular weight excluding hydrogens is 180 g/mol. The van der Waals surface area contributed by atoms with Crippen LogP contribution in [0.1, 0.15) is 17.4 Å². The molecule has 0 amide bonds. The van der Waals surface area contributed by atoms with Crippen LogP contribution < -0.4 is 5.73 Å². The summed E-state index contributed by atoms with van der Waals surface area (Å²) in [6, 6.07) is 5.09. The van der Waals surface area contributed by atoms with E-state index in [9.17, 15) is 5.11 Å². The zero-order valence-electron chi connectivity index (χ0n) is 7.42. The van der Waals surface area contributed by atoms with E-state index in [1.165, 1.54) is 12.5 Å². The topological polar surface area (TPSA) is 72.3 Å². The number of aliphatic hydroxyl groups excluding tert-OH is 1. The van der Waals surface area contributed by atoms with Gasteiger partial charge in [0.25, 0.3) is 0 Å². The van der Waals surface area contributed by atoms with Crippen molar-refractivity contribution in [3.05, 3.63) is 48.2 Å². The Bertz CT molecular complexity index is 412. The number of rotatable bonds is 2. The van der Waals surface area contributed by atoms with Gasteiger partial charge in [0.2, 0.25) is 0 Å². The van der Waals surface area contributed by atoms with Gasteiger partial charge in [-0.05, 0) is 18.2 Å². The lowest BCUT2D eigenvalue weighted by molar-refractivity contribution is 0.190. The van der Waals surface area contributed by atoms with Crippen LogP contribution in [0.25, 0.3) is 0 Å². The first kappa shape index (κ1) is 8.77. The third kappa shape index (κ3) is 1.47. The highest BCUT2D eigenvalue weighted by atomic mass is 16.4. The number of hydrogen-bond donors (Lipinski definition) is 2. The van der Waals surface area contributed by atoms with E-state index in [1.807, 2.05) is 0 Å². The molecule has 0 aliphatic rings. The second kappa shape index (κ2) is 3.51. The van der Waals surface area contributed by atoms with E-state index >= 15 is 0 Å². The van der Waals surface area contributed by atoms with Gasteiger partial charge in [0, 0.05) is 11.8 Å². The van der Waals surface area contributed by atoms with E-state index in [-0.39, 0.29) is 0 Å². The molecule has 2 heterocycles. The summed E-state index contributed by atoms with van der Waals surface area (Å²) in [5.74, 6) is 0.475. The number of nitrogens with zero attached hydrogens (tertiary/aromatic N) is 1. The number of aromatic nitrogens is 1. The van der Waals surface area contributed by atoms with E-state index in [1.54, 1.807) is 24.4 Å². The van der Waals surface area contributed by atoms with Crippen LogP contribution in [0.15, 0.2) is 41.3 Å². The Morgan fingerprint density at radius 3 is 2.93 bits per heavy atom. The fourth-order valence-corrected chi connectivity index (χ4v) is 1.27. The lowest BCUT2D eigenvalue weighted by atomic mass is 10.1. The van der Waals surface area contributed by atoms with E-state index in [0.717, 1.165) is 0 Å². The second-order valence-electron chi connectivity index (χ2n) is 2.92. The van der Waals surface area contributed by atoms with Gasteiger partial charge in [-0.2, -0.15) is 0 Å². The maximum absolute atomic E-state index is 9.86. The molecule has 14 heavy (non-hydrogen) atoms. The molecule has 1 atom stereocenters. The van der Waals surface area contributed by atoms with Gasteiger partial charge in [-0.25, -0.2) is 0 Å². The monoisotopic (exact) mass is 190 g/mol. The van der Waals surface area contributed by atoms with Crippen LogP contribution >= 0.6 is 0 Å². The SMILES string of the molecule is Nc1cnccc1C(O)c1ccco1. The molecular formula is C10H10N2O2. The number of aliphatic hydroxyl groups is 1. The van der Waals surface area contributed by atoms with Crippen LogP contribution in [0.3, 0.4) is 0 Å². The average Bonchev–Trinajstić information content (AvgIpc) is 2.70. The molecule has 0 aliphatic carbocycles. The van der Waals surface area contributed by atoms with Crippen LogP contribution in [0.5, 0.6) is 0 Å². The van der Waals surface area contributed by atoms with E-state index < -0.39 is 6.10 Å². The fourth-order valence-electron chi connectivity index (χ4n) is 1.27. The zero-order chi connectivity index (χ0) is 9.97. The van der Waals surface area contributed by atoms with Crippen LogP contribution in [-0.4, -0.2) is 10.1 Å². The van der Waals surface area contributed by atoms with Gasteiger partial charge in [-0.1, -0.05) is 0 Å². The van der Waals surface area contributed by atoms with Crippen molar-refractivity contribution < 1.29 is 9.52 Å². The lowest BCUT2D eigenvalue weighted by Gasteiger charge is -2.09. The average molecular weight is 190 g/mol. The first-order chi connectivity index (χ1) is 6.79. The van der Waals surface area contributed by atoms with Crippen molar-refractivity contribution in [2.45, 2.75) is 6.10 Å². The maximum atomic E-state index is 9.86. The predicted octanol–water partition coefficient (Wildman–Crippen LogP) is 1.34. The third-order valence-electron chi connectivity index (χ3n) is 1.99. The summed E-state index contributed by atoms with van der Waals surface area (Å²) in [7, 11) is 0. The van der Waals surface area contributed by atoms with Crippen molar-refractivity contribution in [3.8, 4) is 0 Å². The highest BCUT2D eigenvalue weighted by molar-refractivity contribution is 5.47. The molecule has 0 fully saturated rings. The van der Waals surface area contributed by atoms with Crippen molar-refractivity contribution in [1.82, 2.24) is 4.98 Å². The Hall–Kier alpha value is -1.81. The van der Waals surface area contributed by atoms with Crippen LogP contribution in [0.4, 0.5) is 5.69 Å². The van der Waals surface area contributed by atoms with Gasteiger partial charge >= 0.3 is 0 Å². The third-order valence-corrected chi connectivity index (χ3v) is 1.99. The molecule has 2 aromatic heterocycles. The molecule has 4 heteroatoms. The molecule has 0 radical (unpaired) electrons. The van der Waals surface area contributed by atoms with Gasteiger partial charge < -0.3 is 15.3 Å². The van der Waals surface area contributed by atoms with E-state index in [2.05, 4.69) is 4.98 Å². The first-order valence-electron chi connectivity index (χ1n) is 4.20. The molecule has 0 spiro atoms. The highest BCUT2D eigenvalue weighted by Crippen LogP contribution is 2.25. The van der Waals surface area contributed by atoms with Crippen molar-refractivity contribution in [2.24, 2.45) is 0 Å². The van der Waals surface area contributed by atoms with Gasteiger partial charge in [-0.15, -0.1) is 0 Å². The van der Waals surface area contributed by atoms with Gasteiger partial charge in [0.05, 0.1) is 18.1 Å². The second-order valence-corrected chi connectivity index (χ2v) is 2.92. The Kier molecular flexibility index (Phi) is 2.20. The molecule has 0 saturated carbocycles. The maximum Gasteiger partial charge on any atom is 0.139 e. The quantitative estimate of drug-likeness (QED) is 0.749.